The van der Waals surface area contributed by atoms with Crippen LogP contribution in [0.15, 0.2) is 46.9 Å². The smallest absolute Gasteiger partial charge is 0.444 e. The molecule has 4 rings (SSSR count). The van der Waals surface area contributed by atoms with E-state index in [4.69, 9.17) is 4.74 Å². The Kier molecular flexibility index (Phi) is 10.6. The van der Waals surface area contributed by atoms with Crippen LogP contribution in [0.5, 0.6) is 0 Å². The van der Waals surface area contributed by atoms with Crippen molar-refractivity contribution in [3.05, 3.63) is 58.3 Å². The molecule has 0 spiro atoms. The largest absolute Gasteiger partial charge is 0.461 e. The van der Waals surface area contributed by atoms with Crippen LogP contribution < -0.4 is 16.0 Å². The fourth-order valence-corrected chi connectivity index (χ4v) is 5.39. The first kappa shape index (κ1) is 35.1. The Hall–Kier alpha value is -3.75. The molecule has 0 aliphatic heterocycles. The molecule has 1 aliphatic carbocycles. The van der Waals surface area contributed by atoms with Gasteiger partial charge in [0.25, 0.3) is 0 Å². The van der Waals surface area contributed by atoms with Crippen LogP contribution in [0.4, 0.5) is 32.4 Å². The lowest BCUT2D eigenvalue weighted by atomic mass is 9.81. The number of carbonyl (C=O) groups excluding carboxylic acids is 3. The van der Waals surface area contributed by atoms with Gasteiger partial charge in [-0.05, 0) is 88.3 Å². The molecule has 4 N–H and O–H groups in total. The molecule has 0 radical (unpaired) electrons. The van der Waals surface area contributed by atoms with Crippen LogP contribution in [0, 0.1) is 11.8 Å². The SMILES string of the molecule is CC(C)(C)OC(=O)NCC1CCC(C(=O)NC(Cc2ccc(Br)cc2)C(=O)Nc2ccc3nc(C(F)(F)C(F)(F)F)[nH]c3c2)CC1. The number of H-pyrrole nitrogens is 1. The van der Waals surface area contributed by atoms with E-state index < -0.39 is 41.6 Å². The second-order valence-corrected chi connectivity index (χ2v) is 13.3. The van der Waals surface area contributed by atoms with E-state index in [1.54, 1.807) is 45.0 Å². The first-order valence-electron chi connectivity index (χ1n) is 14.7. The van der Waals surface area contributed by atoms with Crippen LogP contribution in [0.25, 0.3) is 11.0 Å². The van der Waals surface area contributed by atoms with Crippen molar-refractivity contribution in [2.24, 2.45) is 11.8 Å². The fourth-order valence-electron chi connectivity index (χ4n) is 5.13. The topological polar surface area (TPSA) is 125 Å². The molecule has 250 valence electrons. The van der Waals surface area contributed by atoms with Crippen LogP contribution in [0.1, 0.15) is 57.8 Å². The maximum Gasteiger partial charge on any atom is 0.461 e. The highest BCUT2D eigenvalue weighted by Gasteiger charge is 2.61. The second kappa shape index (κ2) is 13.9. The van der Waals surface area contributed by atoms with Gasteiger partial charge in [0.1, 0.15) is 11.6 Å². The molecule has 1 saturated carbocycles. The van der Waals surface area contributed by atoms with Crippen LogP contribution in [0.3, 0.4) is 0 Å². The Morgan fingerprint density at radius 2 is 1.65 bits per heavy atom. The molecule has 9 nitrogen and oxygen atoms in total. The number of aromatic nitrogens is 2. The molecule has 15 heteroatoms. The van der Waals surface area contributed by atoms with Crippen molar-refractivity contribution in [2.45, 2.75) is 76.6 Å². The first-order valence-corrected chi connectivity index (χ1v) is 15.5. The monoisotopic (exact) mass is 715 g/mol. The number of halogens is 6. The summed E-state index contributed by atoms with van der Waals surface area (Å²) < 4.78 is 72.2. The van der Waals surface area contributed by atoms with E-state index >= 15 is 0 Å². The number of nitrogens with zero attached hydrogens (tertiary/aromatic N) is 1. The molecule has 1 fully saturated rings. The molecular weight excluding hydrogens is 681 g/mol. The van der Waals surface area contributed by atoms with Crippen molar-refractivity contribution < 1.29 is 41.1 Å². The quantitative estimate of drug-likeness (QED) is 0.178. The number of hydrogen-bond donors (Lipinski definition) is 4. The van der Waals surface area contributed by atoms with Gasteiger partial charge in [0, 0.05) is 29.0 Å². The van der Waals surface area contributed by atoms with Gasteiger partial charge in [-0.3, -0.25) is 9.59 Å². The Bertz CT molecular complexity index is 1550. The number of ether oxygens (including phenoxy) is 1. The van der Waals surface area contributed by atoms with Crippen molar-refractivity contribution in [1.82, 2.24) is 20.6 Å². The van der Waals surface area contributed by atoms with Crippen LogP contribution in [-0.4, -0.2) is 52.2 Å². The lowest BCUT2D eigenvalue weighted by Crippen LogP contribution is -2.48. The van der Waals surface area contributed by atoms with Crippen molar-refractivity contribution in [3.63, 3.8) is 0 Å². The van der Waals surface area contributed by atoms with Gasteiger partial charge in [-0.1, -0.05) is 28.1 Å². The minimum absolute atomic E-state index is 0.107. The van der Waals surface area contributed by atoms with E-state index in [1.807, 2.05) is 4.98 Å². The number of nitrogens with one attached hydrogen (secondary N) is 4. The number of imidazole rings is 1. The number of fused-ring (bicyclic) bond motifs is 1. The summed E-state index contributed by atoms with van der Waals surface area (Å²) in [6.45, 7) is 5.76. The molecule has 2 aromatic carbocycles. The number of rotatable bonds is 9. The maximum atomic E-state index is 13.8. The molecule has 1 unspecified atom stereocenters. The molecular formula is C31H35BrF5N5O4. The van der Waals surface area contributed by atoms with Gasteiger partial charge in [0.05, 0.1) is 11.0 Å². The summed E-state index contributed by atoms with van der Waals surface area (Å²) in [6, 6.07) is 9.86. The third-order valence-corrected chi connectivity index (χ3v) is 8.07. The van der Waals surface area contributed by atoms with Gasteiger partial charge in [0.2, 0.25) is 11.8 Å². The number of alkyl carbamates (subject to hydrolysis) is 1. The van der Waals surface area contributed by atoms with Crippen molar-refractivity contribution >= 4 is 50.6 Å². The Labute approximate surface area is 270 Å². The second-order valence-electron chi connectivity index (χ2n) is 12.4. The average Bonchev–Trinajstić information content (AvgIpc) is 3.40. The summed E-state index contributed by atoms with van der Waals surface area (Å²) in [5.41, 5.74) is -0.0285. The van der Waals surface area contributed by atoms with Gasteiger partial charge < -0.3 is 25.7 Å². The molecule has 0 saturated heterocycles. The normalized spacial score (nSPS) is 18.1. The highest BCUT2D eigenvalue weighted by atomic mass is 79.9. The number of amides is 3. The van der Waals surface area contributed by atoms with Crippen molar-refractivity contribution in [2.75, 3.05) is 11.9 Å². The first-order chi connectivity index (χ1) is 21.4. The Balaban J connectivity index is 1.42. The van der Waals surface area contributed by atoms with E-state index in [1.165, 1.54) is 18.2 Å². The van der Waals surface area contributed by atoms with Gasteiger partial charge in [0.15, 0.2) is 5.82 Å². The number of aromatic amines is 1. The zero-order valence-corrected chi connectivity index (χ0v) is 27.0. The van der Waals surface area contributed by atoms with E-state index in [9.17, 15) is 36.3 Å². The van der Waals surface area contributed by atoms with E-state index in [-0.39, 0.29) is 40.9 Å². The zero-order chi connectivity index (χ0) is 33.9. The summed E-state index contributed by atoms with van der Waals surface area (Å²) >= 11 is 3.36. The number of carbonyl (C=O) groups is 3. The minimum atomic E-state index is -5.84. The minimum Gasteiger partial charge on any atom is -0.444 e. The highest BCUT2D eigenvalue weighted by Crippen LogP contribution is 2.43. The predicted molar refractivity (Wildman–Crippen MR) is 164 cm³/mol. The van der Waals surface area contributed by atoms with Crippen molar-refractivity contribution in [1.29, 1.82) is 0 Å². The van der Waals surface area contributed by atoms with Crippen LogP contribution >= 0.6 is 15.9 Å². The summed E-state index contributed by atoms with van der Waals surface area (Å²) in [5, 5.41) is 8.24. The number of alkyl halides is 5. The predicted octanol–water partition coefficient (Wildman–Crippen LogP) is 6.98. The molecule has 1 aliphatic rings. The number of benzene rings is 2. The summed E-state index contributed by atoms with van der Waals surface area (Å²) in [5.74, 6) is -7.84. The maximum absolute atomic E-state index is 13.8. The molecule has 3 aromatic rings. The zero-order valence-electron chi connectivity index (χ0n) is 25.4. The van der Waals surface area contributed by atoms with Crippen LogP contribution in [0.2, 0.25) is 0 Å². The fraction of sp³-hybridized carbons (Fsp3) is 0.484. The Morgan fingerprint density at radius 3 is 2.26 bits per heavy atom. The number of hydrogen-bond acceptors (Lipinski definition) is 5. The van der Waals surface area contributed by atoms with Crippen LogP contribution in [-0.2, 0) is 26.7 Å². The lowest BCUT2D eigenvalue weighted by molar-refractivity contribution is -0.292. The van der Waals surface area contributed by atoms with Gasteiger partial charge in [-0.2, -0.15) is 22.0 Å². The molecule has 46 heavy (non-hydrogen) atoms. The molecule has 1 aromatic heterocycles. The standard InChI is InChI=1S/C31H35BrF5N5O4/c1-29(2,3)46-28(45)38-16-18-4-8-19(9-5-18)25(43)40-24(14-17-6-10-20(32)11-7-17)26(44)39-21-12-13-22-23(15-21)42-27(41-22)30(33,34)31(35,36)37/h6-7,10-13,15,18-19,24H,4-5,8-9,14,16H2,1-3H3,(H,38,45)(H,39,44)(H,40,43)(H,41,42). The van der Waals surface area contributed by atoms with Gasteiger partial charge >= 0.3 is 18.2 Å². The third-order valence-electron chi connectivity index (χ3n) is 7.54. The third kappa shape index (κ3) is 9.17. The molecule has 1 atom stereocenters. The highest BCUT2D eigenvalue weighted by molar-refractivity contribution is 9.10. The molecule has 1 heterocycles. The van der Waals surface area contributed by atoms with E-state index in [2.05, 4.69) is 36.9 Å². The summed E-state index contributed by atoms with van der Waals surface area (Å²) in [4.78, 5) is 44.1. The molecule has 3 amide bonds. The van der Waals surface area contributed by atoms with E-state index in [0.29, 0.717) is 32.2 Å². The van der Waals surface area contributed by atoms with Gasteiger partial charge in [-0.25, -0.2) is 9.78 Å². The molecule has 0 bridgehead atoms. The summed E-state index contributed by atoms with van der Waals surface area (Å²) in [6.07, 6.45) is -3.71. The average molecular weight is 717 g/mol. The van der Waals surface area contributed by atoms with Gasteiger partial charge in [-0.15, -0.1) is 0 Å². The lowest BCUT2D eigenvalue weighted by Gasteiger charge is -2.29. The van der Waals surface area contributed by atoms with Crippen molar-refractivity contribution in [3.8, 4) is 0 Å². The summed E-state index contributed by atoms with van der Waals surface area (Å²) in [7, 11) is 0. The Morgan fingerprint density at radius 1 is 1.00 bits per heavy atom. The number of anilines is 1. The van der Waals surface area contributed by atoms with E-state index in [0.717, 1.165) is 10.0 Å².